The molecule has 4 aromatic rings. The number of aromatic nitrogens is 3. The fourth-order valence-corrected chi connectivity index (χ4v) is 6.82. The zero-order chi connectivity index (χ0) is 30.5. The third kappa shape index (κ3) is 6.34. The molecule has 234 valence electrons. The maximum Gasteiger partial charge on any atom is 0.181 e. The molecule has 2 fully saturated rings. The lowest BCUT2D eigenvalue weighted by Gasteiger charge is -2.38. The molecule has 0 saturated carbocycles. The standard InChI is InChI=1S/C34H40N4O4.C2H6/c1-34(38-13-3-4-14-38)11-9-23-5-6-24(17-25(23)10-12-34)27-18-29-32(36-37-33(29)35-20-27)26-7-8-30(31(19-26)39-2)42-22-28-21-40-15-16-41-28;1-2/h5-8,17-20,28H,3-4,9-16,21-22H2,1-2H3,(H,35,36,37);1-2H3. The van der Waals surface area contributed by atoms with Crippen LogP contribution in [-0.2, 0) is 22.3 Å². The molecule has 2 unspecified atom stereocenters. The fraction of sp³-hybridized carbons (Fsp3) is 0.500. The number of aromatic amines is 1. The van der Waals surface area contributed by atoms with Gasteiger partial charge in [0.15, 0.2) is 17.1 Å². The van der Waals surface area contributed by atoms with Gasteiger partial charge in [0.05, 0.1) is 32.6 Å². The first-order valence-electron chi connectivity index (χ1n) is 16.3. The van der Waals surface area contributed by atoms with Crippen molar-refractivity contribution in [3.05, 3.63) is 59.8 Å². The van der Waals surface area contributed by atoms with E-state index in [0.29, 0.717) is 49.1 Å². The highest BCUT2D eigenvalue weighted by Crippen LogP contribution is 2.38. The normalized spacial score (nSPS) is 22.1. The van der Waals surface area contributed by atoms with Crippen molar-refractivity contribution in [2.45, 2.75) is 70.9 Å². The number of rotatable bonds is 7. The number of aryl methyl sites for hydroxylation is 2. The number of pyridine rings is 1. The Bertz CT molecular complexity index is 1560. The van der Waals surface area contributed by atoms with E-state index >= 15 is 0 Å². The number of ether oxygens (including phenoxy) is 4. The zero-order valence-electron chi connectivity index (χ0n) is 26.7. The van der Waals surface area contributed by atoms with E-state index in [2.05, 4.69) is 46.3 Å². The molecule has 0 spiro atoms. The monoisotopic (exact) mass is 598 g/mol. The SMILES string of the molecule is CC.COc1cc(-c2[nH]nc3ncc(-c4ccc5c(c4)CCC(C)(N4CCCC4)CC5)cc23)ccc1OCC1COCCO1. The summed E-state index contributed by atoms with van der Waals surface area (Å²) in [4.78, 5) is 7.46. The Hall–Kier alpha value is -3.46. The van der Waals surface area contributed by atoms with Crippen LogP contribution in [0.5, 0.6) is 11.5 Å². The minimum atomic E-state index is -0.0771. The van der Waals surface area contributed by atoms with Gasteiger partial charge in [-0.25, -0.2) is 4.98 Å². The fourth-order valence-electron chi connectivity index (χ4n) is 6.82. The summed E-state index contributed by atoms with van der Waals surface area (Å²) in [5.74, 6) is 1.33. The topological polar surface area (TPSA) is 81.7 Å². The highest BCUT2D eigenvalue weighted by atomic mass is 16.6. The van der Waals surface area contributed by atoms with Crippen LogP contribution in [0, 0.1) is 0 Å². The lowest BCUT2D eigenvalue weighted by atomic mass is 9.90. The van der Waals surface area contributed by atoms with Gasteiger partial charge in [-0.3, -0.25) is 10.00 Å². The second-order valence-corrected chi connectivity index (χ2v) is 12.1. The van der Waals surface area contributed by atoms with Crippen molar-refractivity contribution < 1.29 is 18.9 Å². The first-order valence-corrected chi connectivity index (χ1v) is 16.3. The van der Waals surface area contributed by atoms with Crippen LogP contribution < -0.4 is 9.47 Å². The van der Waals surface area contributed by atoms with Crippen LogP contribution in [0.2, 0.25) is 0 Å². The number of methoxy groups -OCH3 is 1. The summed E-state index contributed by atoms with van der Waals surface area (Å²) >= 11 is 0. The Morgan fingerprint density at radius 1 is 0.932 bits per heavy atom. The van der Waals surface area contributed by atoms with Gasteiger partial charge in [-0.2, -0.15) is 5.10 Å². The van der Waals surface area contributed by atoms with Gasteiger partial charge >= 0.3 is 0 Å². The number of hydrogen-bond donors (Lipinski definition) is 1. The number of fused-ring (bicyclic) bond motifs is 2. The lowest BCUT2D eigenvalue weighted by Crippen LogP contribution is -2.44. The van der Waals surface area contributed by atoms with Gasteiger partial charge in [-0.15, -0.1) is 0 Å². The Balaban J connectivity index is 0.00000168. The van der Waals surface area contributed by atoms with Gasteiger partial charge in [0, 0.05) is 28.2 Å². The molecule has 1 N–H and O–H groups in total. The summed E-state index contributed by atoms with van der Waals surface area (Å²) in [5.41, 5.74) is 8.15. The van der Waals surface area contributed by atoms with Crippen molar-refractivity contribution in [2.24, 2.45) is 0 Å². The summed E-state index contributed by atoms with van der Waals surface area (Å²) in [6, 6.07) is 15.1. The highest BCUT2D eigenvalue weighted by Gasteiger charge is 2.35. The summed E-state index contributed by atoms with van der Waals surface area (Å²) in [5, 5.41) is 8.68. The summed E-state index contributed by atoms with van der Waals surface area (Å²) in [6.45, 7) is 11.2. The molecule has 2 aromatic heterocycles. The van der Waals surface area contributed by atoms with Crippen molar-refractivity contribution >= 4 is 11.0 Å². The first-order chi connectivity index (χ1) is 21.6. The van der Waals surface area contributed by atoms with Crippen molar-refractivity contribution in [1.29, 1.82) is 0 Å². The van der Waals surface area contributed by atoms with E-state index in [-0.39, 0.29) is 6.10 Å². The number of likely N-dealkylation sites (tertiary alicyclic amines) is 1. The van der Waals surface area contributed by atoms with E-state index in [1.165, 1.54) is 55.5 Å². The molecule has 4 heterocycles. The quantitative estimate of drug-likeness (QED) is 0.233. The molecule has 3 aliphatic rings. The molecule has 0 radical (unpaired) electrons. The minimum Gasteiger partial charge on any atom is -0.493 e. The van der Waals surface area contributed by atoms with Crippen LogP contribution in [0.25, 0.3) is 33.4 Å². The smallest absolute Gasteiger partial charge is 0.181 e. The number of hydrogen-bond acceptors (Lipinski definition) is 7. The van der Waals surface area contributed by atoms with Gasteiger partial charge < -0.3 is 18.9 Å². The second-order valence-electron chi connectivity index (χ2n) is 12.1. The third-order valence-corrected chi connectivity index (χ3v) is 9.45. The van der Waals surface area contributed by atoms with Crippen LogP contribution in [0.4, 0.5) is 0 Å². The number of H-pyrrole nitrogens is 1. The Morgan fingerprint density at radius 3 is 2.50 bits per heavy atom. The van der Waals surface area contributed by atoms with E-state index in [0.717, 1.165) is 35.0 Å². The average molecular weight is 599 g/mol. The summed E-state index contributed by atoms with van der Waals surface area (Å²) in [7, 11) is 1.66. The van der Waals surface area contributed by atoms with Crippen LogP contribution >= 0.6 is 0 Å². The molecule has 7 rings (SSSR count). The average Bonchev–Trinajstić information content (AvgIpc) is 3.75. The van der Waals surface area contributed by atoms with Crippen LogP contribution in [0.1, 0.15) is 57.6 Å². The van der Waals surface area contributed by atoms with Gasteiger partial charge in [0.25, 0.3) is 0 Å². The number of benzene rings is 2. The Kier molecular flexibility index (Phi) is 9.50. The summed E-state index contributed by atoms with van der Waals surface area (Å²) in [6.07, 6.45) is 9.27. The van der Waals surface area contributed by atoms with E-state index in [1.54, 1.807) is 7.11 Å². The molecule has 1 aliphatic carbocycles. The Labute approximate surface area is 261 Å². The lowest BCUT2D eigenvalue weighted by molar-refractivity contribution is -0.101. The van der Waals surface area contributed by atoms with E-state index in [9.17, 15) is 0 Å². The highest BCUT2D eigenvalue weighted by molar-refractivity contribution is 5.93. The predicted octanol–water partition coefficient (Wildman–Crippen LogP) is 6.85. The molecule has 0 amide bonds. The molecule has 2 atom stereocenters. The van der Waals surface area contributed by atoms with Crippen molar-refractivity contribution in [3.8, 4) is 33.9 Å². The largest absolute Gasteiger partial charge is 0.493 e. The first kappa shape index (κ1) is 30.6. The van der Waals surface area contributed by atoms with Crippen molar-refractivity contribution in [1.82, 2.24) is 20.1 Å². The van der Waals surface area contributed by atoms with Gasteiger partial charge in [0.1, 0.15) is 12.7 Å². The zero-order valence-corrected chi connectivity index (χ0v) is 26.7. The molecule has 8 nitrogen and oxygen atoms in total. The maximum atomic E-state index is 6.03. The van der Waals surface area contributed by atoms with Crippen LogP contribution in [0.15, 0.2) is 48.7 Å². The van der Waals surface area contributed by atoms with E-state index in [4.69, 9.17) is 23.9 Å². The molecule has 0 bridgehead atoms. The van der Waals surface area contributed by atoms with Crippen LogP contribution in [-0.4, -0.2) is 78.4 Å². The van der Waals surface area contributed by atoms with Gasteiger partial charge in [-0.05, 0) is 99.5 Å². The minimum absolute atomic E-state index is 0.0771. The van der Waals surface area contributed by atoms with Crippen LogP contribution in [0.3, 0.4) is 0 Å². The second kappa shape index (κ2) is 13.7. The molecular weight excluding hydrogens is 552 g/mol. The van der Waals surface area contributed by atoms with Crippen molar-refractivity contribution in [3.63, 3.8) is 0 Å². The molecule has 2 saturated heterocycles. The van der Waals surface area contributed by atoms with Crippen molar-refractivity contribution in [2.75, 3.05) is 46.6 Å². The molecule has 8 heteroatoms. The van der Waals surface area contributed by atoms with Gasteiger partial charge in [0.2, 0.25) is 0 Å². The molecule has 2 aliphatic heterocycles. The Morgan fingerprint density at radius 2 is 1.73 bits per heavy atom. The summed E-state index contributed by atoms with van der Waals surface area (Å²) < 4.78 is 22.9. The molecule has 2 aromatic carbocycles. The molecular formula is C36H46N4O4. The molecule has 44 heavy (non-hydrogen) atoms. The predicted molar refractivity (Wildman–Crippen MR) is 175 cm³/mol. The van der Waals surface area contributed by atoms with E-state index in [1.807, 2.05) is 38.2 Å². The maximum absolute atomic E-state index is 6.03. The number of nitrogens with zero attached hydrogens (tertiary/aromatic N) is 3. The number of nitrogens with one attached hydrogen (secondary N) is 1. The third-order valence-electron chi connectivity index (χ3n) is 9.45. The van der Waals surface area contributed by atoms with Gasteiger partial charge in [-0.1, -0.05) is 32.0 Å². The van der Waals surface area contributed by atoms with E-state index < -0.39 is 0 Å².